The highest BCUT2D eigenvalue weighted by atomic mass is 15.2. The predicted octanol–water partition coefficient (Wildman–Crippen LogP) is 13.0. The molecule has 0 amide bonds. The molecule has 0 radical (unpaired) electrons. The molecule has 55 heavy (non-hydrogen) atoms. The maximum absolute atomic E-state index is 9.27. The van der Waals surface area contributed by atoms with Gasteiger partial charge in [0.05, 0.1) is 16.5 Å². The Kier molecular flexibility index (Phi) is 7.08. The first kappa shape index (κ1) is 28.1. The summed E-state index contributed by atoms with van der Waals surface area (Å²) in [5, 5.41) is 1.06. The van der Waals surface area contributed by atoms with Gasteiger partial charge >= 0.3 is 0 Å². The first-order valence-corrected chi connectivity index (χ1v) is 18.2. The number of benzene rings is 8. The van der Waals surface area contributed by atoms with Crippen LogP contribution in [0.25, 0.3) is 95.0 Å². The van der Waals surface area contributed by atoms with Crippen LogP contribution < -0.4 is 0 Å². The lowest BCUT2D eigenvalue weighted by atomic mass is 9.98. The molecular formula is C51H34N4. The van der Waals surface area contributed by atoms with E-state index in [2.05, 4.69) is 78.9 Å². The second-order valence-electron chi connectivity index (χ2n) is 13.4. The number of fused-ring (bicyclic) bond motifs is 3. The second kappa shape index (κ2) is 13.8. The Morgan fingerprint density at radius 2 is 0.764 bits per heavy atom. The van der Waals surface area contributed by atoms with E-state index in [0.29, 0.717) is 33.5 Å². The van der Waals surface area contributed by atoms with E-state index < -0.39 is 0 Å². The molecule has 0 bridgehead atoms. The van der Waals surface area contributed by atoms with Crippen LogP contribution in [-0.2, 0) is 0 Å². The van der Waals surface area contributed by atoms with Gasteiger partial charge in [-0.2, -0.15) is 9.97 Å². The quantitative estimate of drug-likeness (QED) is 0.166. The summed E-state index contributed by atoms with van der Waals surface area (Å²) in [6.45, 7) is 0. The number of nitrogens with zero attached hydrogens (tertiary/aromatic N) is 4. The van der Waals surface area contributed by atoms with E-state index in [0.717, 1.165) is 55.6 Å². The van der Waals surface area contributed by atoms with E-state index in [4.69, 9.17) is 19.1 Å². The summed E-state index contributed by atoms with van der Waals surface area (Å²) < 4.78 is 37.6. The van der Waals surface area contributed by atoms with Crippen molar-refractivity contribution in [1.82, 2.24) is 19.5 Å². The van der Waals surface area contributed by atoms with Crippen molar-refractivity contribution < 1.29 is 5.48 Å². The SMILES string of the molecule is [2H]c1c([2H])c([2H])c2c(c1[2H])c1ccc(-c3cccc(-c4ccccc4)c3)cc1n2-c1nc(-c2ccc(-c3ccccc3)cc2)nc(-c2cccc(-c3ccccc3)c2)n1. The van der Waals surface area contributed by atoms with Crippen LogP contribution in [0.5, 0.6) is 0 Å². The van der Waals surface area contributed by atoms with Crippen molar-refractivity contribution in [3.05, 3.63) is 206 Å². The first-order valence-electron chi connectivity index (χ1n) is 20.2. The van der Waals surface area contributed by atoms with E-state index in [1.165, 1.54) is 0 Å². The van der Waals surface area contributed by atoms with Gasteiger partial charge in [0.15, 0.2) is 11.6 Å². The first-order chi connectivity index (χ1) is 28.9. The van der Waals surface area contributed by atoms with E-state index in [9.17, 15) is 1.37 Å². The zero-order valence-corrected chi connectivity index (χ0v) is 29.6. The summed E-state index contributed by atoms with van der Waals surface area (Å²) in [5.41, 5.74) is 10.8. The molecule has 0 atom stereocenters. The highest BCUT2D eigenvalue weighted by Crippen LogP contribution is 2.36. The van der Waals surface area contributed by atoms with Crippen molar-refractivity contribution >= 4 is 21.8 Å². The van der Waals surface area contributed by atoms with Gasteiger partial charge < -0.3 is 0 Å². The van der Waals surface area contributed by atoms with Gasteiger partial charge in [-0.15, -0.1) is 0 Å². The molecule has 0 spiro atoms. The normalized spacial score (nSPS) is 12.3. The molecule has 0 aliphatic rings. The van der Waals surface area contributed by atoms with Crippen LogP contribution in [0.15, 0.2) is 206 Å². The Bertz CT molecular complexity index is 3190. The molecule has 0 aliphatic carbocycles. The molecule has 0 N–H and O–H groups in total. The van der Waals surface area contributed by atoms with Gasteiger partial charge in [0.25, 0.3) is 0 Å². The molecule has 2 aromatic heterocycles. The van der Waals surface area contributed by atoms with Gasteiger partial charge in [-0.3, -0.25) is 4.57 Å². The minimum atomic E-state index is -0.330. The summed E-state index contributed by atoms with van der Waals surface area (Å²) in [4.78, 5) is 15.3. The topological polar surface area (TPSA) is 43.6 Å². The number of rotatable bonds is 7. The molecule has 0 saturated carbocycles. The number of hydrogen-bond acceptors (Lipinski definition) is 3. The van der Waals surface area contributed by atoms with Crippen LogP contribution in [0.4, 0.5) is 0 Å². The average Bonchev–Trinajstić information content (AvgIpc) is 3.66. The molecule has 0 aliphatic heterocycles. The minimum Gasteiger partial charge on any atom is -0.278 e. The Morgan fingerprint density at radius 1 is 0.327 bits per heavy atom. The fourth-order valence-corrected chi connectivity index (χ4v) is 7.25. The van der Waals surface area contributed by atoms with Gasteiger partial charge in [0.1, 0.15) is 0 Å². The van der Waals surface area contributed by atoms with Crippen LogP contribution in [0.1, 0.15) is 5.48 Å². The molecule has 0 saturated heterocycles. The van der Waals surface area contributed by atoms with Crippen LogP contribution >= 0.6 is 0 Å². The smallest absolute Gasteiger partial charge is 0.238 e. The highest BCUT2D eigenvalue weighted by molar-refractivity contribution is 6.10. The molecular weight excluding hydrogens is 669 g/mol. The summed E-state index contributed by atoms with van der Waals surface area (Å²) in [6, 6.07) is 60.1. The van der Waals surface area contributed by atoms with Crippen LogP contribution in [0, 0.1) is 0 Å². The maximum atomic E-state index is 9.27. The molecule has 8 aromatic carbocycles. The third-order valence-corrected chi connectivity index (χ3v) is 10.0. The van der Waals surface area contributed by atoms with Crippen LogP contribution in [-0.4, -0.2) is 19.5 Å². The van der Waals surface area contributed by atoms with Crippen molar-refractivity contribution in [1.29, 1.82) is 0 Å². The maximum Gasteiger partial charge on any atom is 0.238 e. The minimum absolute atomic E-state index is 0.120. The Labute approximate surface area is 325 Å². The molecule has 0 unspecified atom stereocenters. The molecule has 4 nitrogen and oxygen atoms in total. The Hall–Kier alpha value is -7.43. The lowest BCUT2D eigenvalue weighted by molar-refractivity contribution is 0.953. The van der Waals surface area contributed by atoms with E-state index in [1.807, 2.05) is 103 Å². The highest BCUT2D eigenvalue weighted by Gasteiger charge is 2.19. The van der Waals surface area contributed by atoms with Crippen LogP contribution in [0.2, 0.25) is 0 Å². The average molecular weight is 707 g/mol. The lowest BCUT2D eigenvalue weighted by Gasteiger charge is -2.12. The lowest BCUT2D eigenvalue weighted by Crippen LogP contribution is -2.06. The molecule has 4 heteroatoms. The van der Waals surface area contributed by atoms with Gasteiger partial charge in [0, 0.05) is 21.9 Å². The van der Waals surface area contributed by atoms with Gasteiger partial charge in [0.2, 0.25) is 5.95 Å². The number of hydrogen-bond donors (Lipinski definition) is 0. The third-order valence-electron chi connectivity index (χ3n) is 10.0. The van der Waals surface area contributed by atoms with Crippen molar-refractivity contribution in [3.8, 4) is 73.2 Å². The number of para-hydroxylation sites is 1. The standard InChI is InChI=1S/C51H34N4/c1-4-14-35(15-5-1)38-26-28-39(29-27-38)49-52-50(44-23-13-21-41(33-44)37-18-8-3-9-19-37)54-51(53-49)55-47-25-11-10-24-45(47)46-31-30-43(34-48(46)55)42-22-12-20-40(32-42)36-16-6-2-7-17-36/h1-34H/i10D,11D,24D,25D. The summed E-state index contributed by atoms with van der Waals surface area (Å²) in [7, 11) is 0. The molecule has 258 valence electrons. The predicted molar refractivity (Wildman–Crippen MR) is 227 cm³/mol. The molecule has 0 fully saturated rings. The van der Waals surface area contributed by atoms with E-state index in [1.54, 1.807) is 4.57 Å². The van der Waals surface area contributed by atoms with Crippen molar-refractivity contribution in [2.75, 3.05) is 0 Å². The molecule has 10 rings (SSSR count). The summed E-state index contributed by atoms with van der Waals surface area (Å²) >= 11 is 0. The summed E-state index contributed by atoms with van der Waals surface area (Å²) in [5.74, 6) is 1.09. The van der Waals surface area contributed by atoms with Crippen molar-refractivity contribution in [2.24, 2.45) is 0 Å². The third kappa shape index (κ3) is 6.16. The zero-order valence-electron chi connectivity index (χ0n) is 33.6. The largest absolute Gasteiger partial charge is 0.278 e. The summed E-state index contributed by atoms with van der Waals surface area (Å²) in [6.07, 6.45) is 0. The Morgan fingerprint density at radius 3 is 1.40 bits per heavy atom. The monoisotopic (exact) mass is 706 g/mol. The zero-order chi connectivity index (χ0) is 40.0. The van der Waals surface area contributed by atoms with Crippen molar-refractivity contribution in [3.63, 3.8) is 0 Å². The van der Waals surface area contributed by atoms with Crippen molar-refractivity contribution in [2.45, 2.75) is 0 Å². The van der Waals surface area contributed by atoms with E-state index >= 15 is 0 Å². The van der Waals surface area contributed by atoms with E-state index in [-0.39, 0.29) is 30.1 Å². The fraction of sp³-hybridized carbons (Fsp3) is 0. The second-order valence-corrected chi connectivity index (χ2v) is 13.4. The number of aromatic nitrogens is 4. The molecule has 2 heterocycles. The molecule has 10 aromatic rings. The van der Waals surface area contributed by atoms with Crippen LogP contribution in [0.3, 0.4) is 0 Å². The Balaban J connectivity index is 1.23. The van der Waals surface area contributed by atoms with Gasteiger partial charge in [-0.25, -0.2) is 4.98 Å². The van der Waals surface area contributed by atoms with Gasteiger partial charge in [-0.1, -0.05) is 182 Å². The fourth-order valence-electron chi connectivity index (χ4n) is 7.25. The van der Waals surface area contributed by atoms with Gasteiger partial charge in [-0.05, 0) is 68.7 Å².